The molecule has 0 aliphatic rings. The number of aryl methyl sites for hydroxylation is 1. The van der Waals surface area contributed by atoms with E-state index in [0.717, 1.165) is 27.5 Å². The number of nitrogens with zero attached hydrogens (tertiary/aromatic N) is 1. The lowest BCUT2D eigenvalue weighted by Crippen LogP contribution is -2.11. The summed E-state index contributed by atoms with van der Waals surface area (Å²) in [6.45, 7) is 1.97. The molecule has 0 fully saturated rings. The van der Waals surface area contributed by atoms with Gasteiger partial charge in [0.15, 0.2) is 0 Å². The Morgan fingerprint density at radius 2 is 2.04 bits per heavy atom. The Hall–Kier alpha value is -2.02. The summed E-state index contributed by atoms with van der Waals surface area (Å²) in [6.07, 6.45) is 0.617. The van der Waals surface area contributed by atoms with E-state index < -0.39 is 0 Å². The highest BCUT2D eigenvalue weighted by Crippen LogP contribution is 2.29. The van der Waals surface area contributed by atoms with Gasteiger partial charge in [0.1, 0.15) is 9.88 Å². The summed E-state index contributed by atoms with van der Waals surface area (Å²) in [5.74, 6) is -0.142. The molecule has 3 aromatic rings. The number of hydrogen-bond donors (Lipinski definition) is 2. The minimum absolute atomic E-state index is 0.122. The summed E-state index contributed by atoms with van der Waals surface area (Å²) in [5, 5.41) is 16.7. The van der Waals surface area contributed by atoms with E-state index in [1.807, 2.05) is 48.0 Å². The fraction of sp³-hybridized carbons (Fsp3) is 0.176. The Morgan fingerprint density at radius 1 is 1.26 bits per heavy atom. The number of amides is 1. The summed E-state index contributed by atoms with van der Waals surface area (Å²) in [5.41, 5.74) is 3.57. The van der Waals surface area contributed by atoms with E-state index in [4.69, 9.17) is 5.11 Å². The minimum atomic E-state index is -0.142. The van der Waals surface area contributed by atoms with Crippen LogP contribution < -0.4 is 5.32 Å². The van der Waals surface area contributed by atoms with Gasteiger partial charge >= 0.3 is 0 Å². The number of rotatable bonds is 5. The highest BCUT2D eigenvalue weighted by Gasteiger charge is 2.16. The molecule has 2 heterocycles. The number of hydrogen-bond acceptors (Lipinski definition) is 5. The molecule has 0 saturated heterocycles. The highest BCUT2D eigenvalue weighted by atomic mass is 32.1. The Kier molecular flexibility index (Phi) is 4.85. The second-order valence-electron chi connectivity index (χ2n) is 5.07. The molecule has 0 atom stereocenters. The molecular weight excluding hydrogens is 328 g/mol. The zero-order valence-corrected chi connectivity index (χ0v) is 14.2. The Balaban J connectivity index is 1.75. The zero-order valence-electron chi connectivity index (χ0n) is 12.6. The molecule has 2 N–H and O–H groups in total. The molecule has 6 heteroatoms. The molecule has 0 unspecified atom stereocenters. The Labute approximate surface area is 142 Å². The average molecular weight is 344 g/mol. The van der Waals surface area contributed by atoms with Gasteiger partial charge in [0.2, 0.25) is 0 Å². The standard InChI is InChI=1S/C17H16N2O2S2/c1-11-15(23-17(18-11)13-7-9-22-10-13)16(21)19-14-4-2-12(3-5-14)6-8-20/h2-5,7,9-10,20H,6,8H2,1H3,(H,19,21). The van der Waals surface area contributed by atoms with Crippen LogP contribution in [-0.4, -0.2) is 22.6 Å². The molecule has 0 bridgehead atoms. The molecule has 23 heavy (non-hydrogen) atoms. The fourth-order valence-corrected chi connectivity index (χ4v) is 3.86. The van der Waals surface area contributed by atoms with Crippen LogP contribution in [0.1, 0.15) is 20.9 Å². The largest absolute Gasteiger partial charge is 0.396 e. The number of carbonyl (C=O) groups is 1. The van der Waals surface area contributed by atoms with Gasteiger partial charge in [0.05, 0.1) is 5.69 Å². The van der Waals surface area contributed by atoms with Gasteiger partial charge in [-0.2, -0.15) is 11.3 Å². The van der Waals surface area contributed by atoms with Crippen LogP contribution >= 0.6 is 22.7 Å². The highest BCUT2D eigenvalue weighted by molar-refractivity contribution is 7.17. The minimum Gasteiger partial charge on any atom is -0.396 e. The maximum absolute atomic E-state index is 12.5. The number of aliphatic hydroxyl groups excluding tert-OH is 1. The van der Waals surface area contributed by atoms with Crippen molar-refractivity contribution < 1.29 is 9.90 Å². The summed E-state index contributed by atoms with van der Waals surface area (Å²) < 4.78 is 0. The Morgan fingerprint density at radius 3 is 2.70 bits per heavy atom. The zero-order chi connectivity index (χ0) is 16.2. The van der Waals surface area contributed by atoms with E-state index >= 15 is 0 Å². The molecule has 0 radical (unpaired) electrons. The monoisotopic (exact) mass is 344 g/mol. The number of aromatic nitrogens is 1. The Bertz CT molecular complexity index is 793. The van der Waals surface area contributed by atoms with Crippen molar-refractivity contribution in [3.8, 4) is 10.6 Å². The molecule has 118 valence electrons. The van der Waals surface area contributed by atoms with Gasteiger partial charge in [0, 0.05) is 23.2 Å². The smallest absolute Gasteiger partial charge is 0.267 e. The van der Waals surface area contributed by atoms with Crippen LogP contribution in [0.15, 0.2) is 41.1 Å². The second kappa shape index (κ2) is 7.04. The van der Waals surface area contributed by atoms with E-state index in [1.54, 1.807) is 11.3 Å². The van der Waals surface area contributed by atoms with Crippen LogP contribution in [0, 0.1) is 6.92 Å². The van der Waals surface area contributed by atoms with Crippen LogP contribution in [0.5, 0.6) is 0 Å². The molecule has 1 amide bonds. The molecular formula is C17H16N2O2S2. The summed E-state index contributed by atoms with van der Waals surface area (Å²) in [6, 6.07) is 9.51. The molecule has 0 spiro atoms. The molecule has 1 aromatic carbocycles. The quantitative estimate of drug-likeness (QED) is 0.736. The maximum atomic E-state index is 12.5. The van der Waals surface area contributed by atoms with Crippen molar-refractivity contribution in [2.75, 3.05) is 11.9 Å². The number of thiazole rings is 1. The predicted molar refractivity (Wildman–Crippen MR) is 95.3 cm³/mol. The summed E-state index contributed by atoms with van der Waals surface area (Å²) in [7, 11) is 0. The van der Waals surface area contributed by atoms with Crippen molar-refractivity contribution >= 4 is 34.3 Å². The number of nitrogens with one attached hydrogen (secondary N) is 1. The first-order chi connectivity index (χ1) is 11.2. The molecule has 0 aliphatic carbocycles. The first-order valence-electron chi connectivity index (χ1n) is 7.18. The number of benzene rings is 1. The average Bonchev–Trinajstić information content (AvgIpc) is 3.18. The van der Waals surface area contributed by atoms with E-state index in [2.05, 4.69) is 10.3 Å². The third kappa shape index (κ3) is 3.67. The summed E-state index contributed by atoms with van der Waals surface area (Å²) in [4.78, 5) is 17.6. The van der Waals surface area contributed by atoms with Crippen LogP contribution in [0.4, 0.5) is 5.69 Å². The third-order valence-electron chi connectivity index (χ3n) is 3.38. The van der Waals surface area contributed by atoms with Gasteiger partial charge in [0.25, 0.3) is 5.91 Å². The van der Waals surface area contributed by atoms with Gasteiger partial charge in [-0.05, 0) is 42.5 Å². The van der Waals surface area contributed by atoms with E-state index in [1.165, 1.54) is 11.3 Å². The maximum Gasteiger partial charge on any atom is 0.267 e. The lowest BCUT2D eigenvalue weighted by Gasteiger charge is -2.05. The second-order valence-corrected chi connectivity index (χ2v) is 6.85. The number of anilines is 1. The van der Waals surface area contributed by atoms with Crippen LogP contribution in [0.2, 0.25) is 0 Å². The van der Waals surface area contributed by atoms with Crippen LogP contribution in [0.3, 0.4) is 0 Å². The van der Waals surface area contributed by atoms with Crippen molar-refractivity contribution in [1.82, 2.24) is 4.98 Å². The summed E-state index contributed by atoms with van der Waals surface area (Å²) >= 11 is 3.02. The lowest BCUT2D eigenvalue weighted by molar-refractivity contribution is 0.103. The normalized spacial score (nSPS) is 10.7. The topological polar surface area (TPSA) is 62.2 Å². The van der Waals surface area contributed by atoms with Crippen molar-refractivity contribution in [3.63, 3.8) is 0 Å². The first-order valence-corrected chi connectivity index (χ1v) is 8.94. The van der Waals surface area contributed by atoms with E-state index in [0.29, 0.717) is 11.3 Å². The van der Waals surface area contributed by atoms with Gasteiger partial charge < -0.3 is 10.4 Å². The lowest BCUT2D eigenvalue weighted by atomic mass is 10.1. The number of carbonyl (C=O) groups excluding carboxylic acids is 1. The number of thiophene rings is 1. The van der Waals surface area contributed by atoms with Gasteiger partial charge in [-0.25, -0.2) is 4.98 Å². The van der Waals surface area contributed by atoms with E-state index in [-0.39, 0.29) is 12.5 Å². The fourth-order valence-electron chi connectivity index (χ4n) is 2.19. The number of aliphatic hydroxyl groups is 1. The molecule has 4 nitrogen and oxygen atoms in total. The van der Waals surface area contributed by atoms with Crippen LogP contribution in [0.25, 0.3) is 10.6 Å². The molecule has 0 saturated carbocycles. The molecule has 0 aliphatic heterocycles. The third-order valence-corrected chi connectivity index (χ3v) is 5.27. The molecule has 3 rings (SSSR count). The van der Waals surface area contributed by atoms with Gasteiger partial charge in [-0.3, -0.25) is 4.79 Å². The predicted octanol–water partition coefficient (Wildman–Crippen LogP) is 3.97. The van der Waals surface area contributed by atoms with Crippen molar-refractivity contribution in [2.24, 2.45) is 0 Å². The van der Waals surface area contributed by atoms with Crippen molar-refractivity contribution in [3.05, 3.63) is 57.2 Å². The van der Waals surface area contributed by atoms with E-state index in [9.17, 15) is 4.79 Å². The van der Waals surface area contributed by atoms with Crippen molar-refractivity contribution in [1.29, 1.82) is 0 Å². The molecule has 2 aromatic heterocycles. The van der Waals surface area contributed by atoms with Crippen LogP contribution in [-0.2, 0) is 6.42 Å². The van der Waals surface area contributed by atoms with Gasteiger partial charge in [-0.15, -0.1) is 11.3 Å². The van der Waals surface area contributed by atoms with Crippen molar-refractivity contribution in [2.45, 2.75) is 13.3 Å². The van der Waals surface area contributed by atoms with Gasteiger partial charge in [-0.1, -0.05) is 12.1 Å². The first kappa shape index (κ1) is 15.9. The SMILES string of the molecule is Cc1nc(-c2ccsc2)sc1C(=O)Nc1ccc(CCO)cc1.